The van der Waals surface area contributed by atoms with Crippen molar-refractivity contribution in [2.75, 3.05) is 17.2 Å². The van der Waals surface area contributed by atoms with Gasteiger partial charge in [-0.2, -0.15) is 4.98 Å². The minimum absolute atomic E-state index is 0.255. The largest absolute Gasteiger partial charge is 0.354 e. The van der Waals surface area contributed by atoms with Gasteiger partial charge in [-0.1, -0.05) is 6.92 Å². The van der Waals surface area contributed by atoms with Crippen LogP contribution in [0.5, 0.6) is 0 Å². The van der Waals surface area contributed by atoms with Gasteiger partial charge in [-0.3, -0.25) is 0 Å². The summed E-state index contributed by atoms with van der Waals surface area (Å²) in [5.74, 6) is -2.66. The maximum absolute atomic E-state index is 13.6. The summed E-state index contributed by atoms with van der Waals surface area (Å²) in [5.41, 5.74) is 0.329. The maximum Gasteiger partial charge on any atom is 0.224 e. The Morgan fingerprint density at radius 2 is 1.86 bits per heavy atom. The lowest BCUT2D eigenvalue weighted by Gasteiger charge is -2.10. The van der Waals surface area contributed by atoms with Crippen LogP contribution >= 0.6 is 0 Å². The lowest BCUT2D eigenvalue weighted by Crippen LogP contribution is -2.07. The minimum Gasteiger partial charge on any atom is -0.354 e. The zero-order valence-electron chi connectivity index (χ0n) is 11.7. The number of hydrogen-bond donors (Lipinski definition) is 2. The summed E-state index contributed by atoms with van der Waals surface area (Å²) in [6, 6.07) is 2.91. The van der Waals surface area contributed by atoms with E-state index in [9.17, 15) is 13.2 Å². The Bertz CT molecular complexity index is 646. The van der Waals surface area contributed by atoms with Crippen LogP contribution in [-0.2, 0) is 0 Å². The van der Waals surface area contributed by atoms with Crippen LogP contribution in [0.1, 0.15) is 19.0 Å². The third kappa shape index (κ3) is 3.84. The van der Waals surface area contributed by atoms with E-state index in [1.54, 1.807) is 13.0 Å². The highest BCUT2D eigenvalue weighted by molar-refractivity contribution is 5.58. The highest BCUT2D eigenvalue weighted by Gasteiger charge is 2.12. The van der Waals surface area contributed by atoms with E-state index in [1.807, 2.05) is 6.92 Å². The molecule has 0 aliphatic heterocycles. The third-order valence-electron chi connectivity index (χ3n) is 2.64. The van der Waals surface area contributed by atoms with Gasteiger partial charge in [0.1, 0.15) is 11.6 Å². The number of benzene rings is 1. The number of aryl methyl sites for hydroxylation is 1. The quantitative estimate of drug-likeness (QED) is 0.825. The third-order valence-corrected chi connectivity index (χ3v) is 2.64. The number of halogens is 3. The molecule has 0 spiro atoms. The lowest BCUT2D eigenvalue weighted by atomic mass is 10.2. The van der Waals surface area contributed by atoms with Crippen molar-refractivity contribution < 1.29 is 13.2 Å². The number of rotatable bonds is 5. The molecule has 0 aliphatic carbocycles. The Morgan fingerprint density at radius 3 is 2.57 bits per heavy atom. The molecule has 2 aromatic rings. The molecule has 0 aliphatic rings. The molecule has 2 N–H and O–H groups in total. The summed E-state index contributed by atoms with van der Waals surface area (Å²) in [6.45, 7) is 4.42. The summed E-state index contributed by atoms with van der Waals surface area (Å²) >= 11 is 0. The van der Waals surface area contributed by atoms with Crippen molar-refractivity contribution in [2.45, 2.75) is 20.3 Å². The molecule has 21 heavy (non-hydrogen) atoms. The van der Waals surface area contributed by atoms with Crippen molar-refractivity contribution in [3.05, 3.63) is 41.3 Å². The zero-order chi connectivity index (χ0) is 15.4. The van der Waals surface area contributed by atoms with Gasteiger partial charge >= 0.3 is 0 Å². The van der Waals surface area contributed by atoms with Gasteiger partial charge in [-0.15, -0.1) is 0 Å². The number of anilines is 3. The van der Waals surface area contributed by atoms with E-state index in [-0.39, 0.29) is 11.5 Å². The van der Waals surface area contributed by atoms with Gasteiger partial charge in [0.2, 0.25) is 5.95 Å². The first-order chi connectivity index (χ1) is 9.99. The normalized spacial score (nSPS) is 10.5. The first-order valence-electron chi connectivity index (χ1n) is 6.50. The van der Waals surface area contributed by atoms with Gasteiger partial charge in [0, 0.05) is 30.4 Å². The average Bonchev–Trinajstić information content (AvgIpc) is 2.41. The van der Waals surface area contributed by atoms with E-state index in [0.717, 1.165) is 12.5 Å². The number of hydrogen-bond acceptors (Lipinski definition) is 4. The number of nitrogens with one attached hydrogen (secondary N) is 2. The predicted octanol–water partition coefficient (Wildman–Crippen LogP) is 3.77. The van der Waals surface area contributed by atoms with Crippen LogP contribution < -0.4 is 10.6 Å². The van der Waals surface area contributed by atoms with Gasteiger partial charge in [0.25, 0.3) is 0 Å². The molecule has 0 saturated heterocycles. The number of aromatic nitrogens is 2. The Kier molecular flexibility index (Phi) is 4.62. The molecule has 0 unspecified atom stereocenters. The summed E-state index contributed by atoms with van der Waals surface area (Å²) < 4.78 is 39.9. The fraction of sp³-hybridized carbons (Fsp3) is 0.286. The SMILES string of the molecule is CCCNc1nc(C)cc(Nc2cc(F)cc(F)c2F)n1. The zero-order valence-corrected chi connectivity index (χ0v) is 11.7. The topological polar surface area (TPSA) is 49.8 Å². The second kappa shape index (κ2) is 6.43. The van der Waals surface area contributed by atoms with E-state index in [0.29, 0.717) is 24.3 Å². The van der Waals surface area contributed by atoms with Gasteiger partial charge < -0.3 is 10.6 Å². The molecule has 1 aromatic carbocycles. The highest BCUT2D eigenvalue weighted by atomic mass is 19.2. The van der Waals surface area contributed by atoms with Crippen molar-refractivity contribution in [2.24, 2.45) is 0 Å². The van der Waals surface area contributed by atoms with E-state index in [4.69, 9.17) is 0 Å². The van der Waals surface area contributed by atoms with Crippen LogP contribution in [0, 0.1) is 24.4 Å². The van der Waals surface area contributed by atoms with Crippen LogP contribution in [0.4, 0.5) is 30.6 Å². The molecule has 0 radical (unpaired) electrons. The van der Waals surface area contributed by atoms with Crippen molar-refractivity contribution in [3.8, 4) is 0 Å². The highest BCUT2D eigenvalue weighted by Crippen LogP contribution is 2.23. The molecule has 1 aromatic heterocycles. The molecular weight excluding hydrogens is 281 g/mol. The standard InChI is InChI=1S/C14H15F3N4/c1-3-4-18-14-19-8(2)5-12(21-14)20-11-7-9(15)6-10(16)13(11)17/h5-7H,3-4H2,1-2H3,(H2,18,19,20,21). The van der Waals surface area contributed by atoms with Crippen LogP contribution in [-0.4, -0.2) is 16.5 Å². The van der Waals surface area contributed by atoms with Gasteiger partial charge in [0.15, 0.2) is 11.6 Å². The Hall–Kier alpha value is -2.31. The van der Waals surface area contributed by atoms with Crippen LogP contribution in [0.2, 0.25) is 0 Å². The maximum atomic E-state index is 13.6. The summed E-state index contributed by atoms with van der Waals surface area (Å²) in [5, 5.41) is 5.56. The van der Waals surface area contributed by atoms with Gasteiger partial charge in [-0.25, -0.2) is 18.2 Å². The molecule has 0 atom stereocenters. The van der Waals surface area contributed by atoms with E-state index >= 15 is 0 Å². The van der Waals surface area contributed by atoms with Gasteiger partial charge in [0.05, 0.1) is 5.69 Å². The van der Waals surface area contributed by atoms with Crippen LogP contribution in [0.15, 0.2) is 18.2 Å². The fourth-order valence-electron chi connectivity index (χ4n) is 1.73. The molecule has 0 fully saturated rings. The molecular formula is C14H15F3N4. The molecule has 4 nitrogen and oxygen atoms in total. The average molecular weight is 296 g/mol. The van der Waals surface area contributed by atoms with Crippen LogP contribution in [0.3, 0.4) is 0 Å². The van der Waals surface area contributed by atoms with E-state index < -0.39 is 17.5 Å². The molecule has 0 saturated carbocycles. The second-order valence-corrected chi connectivity index (χ2v) is 4.52. The van der Waals surface area contributed by atoms with Gasteiger partial charge in [-0.05, 0) is 13.3 Å². The van der Waals surface area contributed by atoms with E-state index in [2.05, 4.69) is 20.6 Å². The molecule has 0 bridgehead atoms. The predicted molar refractivity (Wildman–Crippen MR) is 75.1 cm³/mol. The number of nitrogens with zero attached hydrogens (tertiary/aromatic N) is 2. The Balaban J connectivity index is 2.29. The van der Waals surface area contributed by atoms with Crippen molar-refractivity contribution in [1.29, 1.82) is 0 Å². The first kappa shape index (κ1) is 15.1. The molecule has 1 heterocycles. The monoisotopic (exact) mass is 296 g/mol. The van der Waals surface area contributed by atoms with Crippen molar-refractivity contribution in [3.63, 3.8) is 0 Å². The van der Waals surface area contributed by atoms with Crippen molar-refractivity contribution in [1.82, 2.24) is 9.97 Å². The summed E-state index contributed by atoms with van der Waals surface area (Å²) in [6.07, 6.45) is 0.893. The summed E-state index contributed by atoms with van der Waals surface area (Å²) in [7, 11) is 0. The minimum atomic E-state index is -1.26. The molecule has 112 valence electrons. The smallest absolute Gasteiger partial charge is 0.224 e. The lowest BCUT2D eigenvalue weighted by molar-refractivity contribution is 0.498. The molecule has 7 heteroatoms. The molecule has 0 amide bonds. The Morgan fingerprint density at radius 1 is 1.10 bits per heavy atom. The van der Waals surface area contributed by atoms with E-state index in [1.165, 1.54) is 0 Å². The van der Waals surface area contributed by atoms with Crippen molar-refractivity contribution >= 4 is 17.5 Å². The van der Waals surface area contributed by atoms with Crippen LogP contribution in [0.25, 0.3) is 0 Å². The molecule has 2 rings (SSSR count). The Labute approximate surface area is 120 Å². The summed E-state index contributed by atoms with van der Waals surface area (Å²) in [4.78, 5) is 8.29. The first-order valence-corrected chi connectivity index (χ1v) is 6.50. The second-order valence-electron chi connectivity index (χ2n) is 4.52. The fourth-order valence-corrected chi connectivity index (χ4v) is 1.73.